The van der Waals surface area contributed by atoms with Crippen molar-refractivity contribution in [2.24, 2.45) is 0 Å². The standard InChI is InChI=1S/C46H28N4/c1-2-13-31-27-32(22-21-29(31)11-1)45-46(48-39-18-8-7-17-38(39)47-45)50-42-26-23-30-12-3-4-14-34(30)44(42)37-25-24-33(28-43(37)50)49-40-19-9-5-15-35(40)36-16-6-10-20-41(36)49/h1-28H. The van der Waals surface area contributed by atoms with Gasteiger partial charge < -0.3 is 4.57 Å². The van der Waals surface area contributed by atoms with E-state index in [-0.39, 0.29) is 0 Å². The number of hydrogen-bond donors (Lipinski definition) is 0. The summed E-state index contributed by atoms with van der Waals surface area (Å²) in [4.78, 5) is 10.8. The highest BCUT2D eigenvalue weighted by atomic mass is 15.1. The van der Waals surface area contributed by atoms with Crippen LogP contribution in [0.25, 0.3) is 99.0 Å². The van der Waals surface area contributed by atoms with E-state index in [1.807, 2.05) is 12.1 Å². The van der Waals surface area contributed by atoms with Crippen molar-refractivity contribution < 1.29 is 0 Å². The summed E-state index contributed by atoms with van der Waals surface area (Å²) in [5.74, 6) is 0.814. The molecular formula is C46H28N4. The van der Waals surface area contributed by atoms with Gasteiger partial charge in [0.1, 0.15) is 5.69 Å². The van der Waals surface area contributed by atoms with E-state index in [0.717, 1.165) is 44.8 Å². The normalized spacial score (nSPS) is 12.0. The van der Waals surface area contributed by atoms with E-state index in [1.54, 1.807) is 0 Å². The van der Waals surface area contributed by atoms with Crippen molar-refractivity contribution in [1.29, 1.82) is 0 Å². The summed E-state index contributed by atoms with van der Waals surface area (Å²) in [6.07, 6.45) is 0. The van der Waals surface area contributed by atoms with Gasteiger partial charge in [0.15, 0.2) is 5.82 Å². The minimum atomic E-state index is 0.814. The number of fused-ring (bicyclic) bond motifs is 10. The first-order valence-electron chi connectivity index (χ1n) is 17.0. The Kier molecular flexibility index (Phi) is 5.63. The predicted molar refractivity (Wildman–Crippen MR) is 209 cm³/mol. The molecule has 0 saturated heterocycles. The molecule has 0 radical (unpaired) electrons. The minimum absolute atomic E-state index is 0.814. The van der Waals surface area contributed by atoms with Crippen molar-refractivity contribution in [2.45, 2.75) is 0 Å². The lowest BCUT2D eigenvalue weighted by Gasteiger charge is -2.15. The molecule has 0 aliphatic heterocycles. The second-order valence-electron chi connectivity index (χ2n) is 13.0. The fourth-order valence-electron chi connectivity index (χ4n) is 8.02. The third-order valence-corrected chi connectivity index (χ3v) is 10.3. The van der Waals surface area contributed by atoms with Crippen LogP contribution in [0.15, 0.2) is 170 Å². The van der Waals surface area contributed by atoms with Gasteiger partial charge in [0.25, 0.3) is 0 Å². The van der Waals surface area contributed by atoms with Crippen LogP contribution in [0.2, 0.25) is 0 Å². The Balaban J connectivity index is 1.29. The van der Waals surface area contributed by atoms with Gasteiger partial charge in [-0.1, -0.05) is 121 Å². The van der Waals surface area contributed by atoms with Crippen LogP contribution in [0.4, 0.5) is 0 Å². The van der Waals surface area contributed by atoms with Crippen LogP contribution in [0, 0.1) is 0 Å². The van der Waals surface area contributed by atoms with E-state index in [0.29, 0.717) is 0 Å². The highest BCUT2D eigenvalue weighted by molar-refractivity contribution is 6.22. The zero-order chi connectivity index (χ0) is 32.8. The SMILES string of the molecule is c1ccc2cc(-c3nc4ccccc4nc3-n3c4cc(-n5c6ccccc6c6ccccc65)ccc4c4c5ccccc5ccc43)ccc2c1. The van der Waals surface area contributed by atoms with Crippen LogP contribution < -0.4 is 0 Å². The monoisotopic (exact) mass is 636 g/mol. The molecule has 0 fully saturated rings. The fraction of sp³-hybridized carbons (Fsp3) is 0. The summed E-state index contributed by atoms with van der Waals surface area (Å²) in [5.41, 5.74) is 9.27. The van der Waals surface area contributed by atoms with Gasteiger partial charge in [0, 0.05) is 32.8 Å². The van der Waals surface area contributed by atoms with Crippen LogP contribution in [-0.2, 0) is 0 Å². The van der Waals surface area contributed by atoms with Crippen molar-refractivity contribution >= 4 is 76.2 Å². The molecule has 0 aliphatic rings. The Bertz CT molecular complexity index is 3110. The molecule has 0 bridgehead atoms. The third-order valence-electron chi connectivity index (χ3n) is 10.3. The predicted octanol–water partition coefficient (Wildman–Crippen LogP) is 11.8. The van der Waals surface area contributed by atoms with Gasteiger partial charge in [-0.3, -0.25) is 4.57 Å². The molecule has 11 aromatic rings. The van der Waals surface area contributed by atoms with Crippen LogP contribution >= 0.6 is 0 Å². The average Bonchev–Trinajstić information content (AvgIpc) is 3.70. The van der Waals surface area contributed by atoms with Crippen LogP contribution in [0.5, 0.6) is 0 Å². The highest BCUT2D eigenvalue weighted by Gasteiger charge is 2.22. The maximum Gasteiger partial charge on any atom is 0.165 e. The van der Waals surface area contributed by atoms with E-state index < -0.39 is 0 Å². The Hall–Kier alpha value is -6.78. The molecule has 0 unspecified atom stereocenters. The first-order valence-corrected chi connectivity index (χ1v) is 17.0. The molecule has 3 aromatic heterocycles. The third kappa shape index (κ3) is 3.87. The Morgan fingerprint density at radius 3 is 1.76 bits per heavy atom. The van der Waals surface area contributed by atoms with E-state index in [2.05, 4.69) is 167 Å². The summed E-state index contributed by atoms with van der Waals surface area (Å²) in [6, 6.07) is 60.7. The minimum Gasteiger partial charge on any atom is -0.309 e. The smallest absolute Gasteiger partial charge is 0.165 e. The van der Waals surface area contributed by atoms with E-state index in [4.69, 9.17) is 9.97 Å². The second kappa shape index (κ2) is 10.4. The van der Waals surface area contributed by atoms with E-state index in [9.17, 15) is 0 Å². The zero-order valence-corrected chi connectivity index (χ0v) is 27.0. The van der Waals surface area contributed by atoms with E-state index >= 15 is 0 Å². The Morgan fingerprint density at radius 1 is 0.360 bits per heavy atom. The molecule has 0 N–H and O–H groups in total. The van der Waals surface area contributed by atoms with Crippen molar-refractivity contribution in [1.82, 2.24) is 19.1 Å². The van der Waals surface area contributed by atoms with Crippen molar-refractivity contribution in [2.75, 3.05) is 0 Å². The van der Waals surface area contributed by atoms with Gasteiger partial charge >= 0.3 is 0 Å². The second-order valence-corrected chi connectivity index (χ2v) is 13.0. The molecule has 0 spiro atoms. The van der Waals surface area contributed by atoms with Gasteiger partial charge in [0.2, 0.25) is 0 Å². The molecule has 0 atom stereocenters. The van der Waals surface area contributed by atoms with Crippen LogP contribution in [-0.4, -0.2) is 19.1 Å². The molecular weight excluding hydrogens is 609 g/mol. The van der Waals surface area contributed by atoms with Crippen molar-refractivity contribution in [3.63, 3.8) is 0 Å². The summed E-state index contributed by atoms with van der Waals surface area (Å²) in [6.45, 7) is 0. The quantitative estimate of drug-likeness (QED) is 0.193. The number of aromatic nitrogens is 4. The van der Waals surface area contributed by atoms with Crippen molar-refractivity contribution in [3.8, 4) is 22.8 Å². The summed E-state index contributed by atoms with van der Waals surface area (Å²) in [5, 5.41) is 9.69. The molecule has 232 valence electrons. The van der Waals surface area contributed by atoms with E-state index in [1.165, 1.54) is 54.1 Å². The topological polar surface area (TPSA) is 35.6 Å². The number of hydrogen-bond acceptors (Lipinski definition) is 2. The molecule has 4 nitrogen and oxygen atoms in total. The van der Waals surface area contributed by atoms with Crippen LogP contribution in [0.3, 0.4) is 0 Å². The number of benzene rings is 8. The maximum atomic E-state index is 5.44. The fourth-order valence-corrected chi connectivity index (χ4v) is 8.02. The molecule has 11 rings (SSSR count). The van der Waals surface area contributed by atoms with Gasteiger partial charge in [-0.2, -0.15) is 0 Å². The molecule has 8 aromatic carbocycles. The largest absolute Gasteiger partial charge is 0.309 e. The van der Waals surface area contributed by atoms with Gasteiger partial charge in [-0.25, -0.2) is 9.97 Å². The molecule has 50 heavy (non-hydrogen) atoms. The first-order chi connectivity index (χ1) is 24.8. The summed E-state index contributed by atoms with van der Waals surface area (Å²) >= 11 is 0. The van der Waals surface area contributed by atoms with Gasteiger partial charge in [-0.15, -0.1) is 0 Å². The molecule has 0 saturated carbocycles. The first kappa shape index (κ1) is 27.2. The van der Waals surface area contributed by atoms with Crippen molar-refractivity contribution in [3.05, 3.63) is 170 Å². The Labute approximate surface area is 287 Å². The average molecular weight is 637 g/mol. The summed E-state index contributed by atoms with van der Waals surface area (Å²) in [7, 11) is 0. The Morgan fingerprint density at radius 2 is 0.980 bits per heavy atom. The molecule has 3 heterocycles. The highest BCUT2D eigenvalue weighted by Crippen LogP contribution is 2.41. The lowest BCUT2D eigenvalue weighted by molar-refractivity contribution is 1.08. The summed E-state index contributed by atoms with van der Waals surface area (Å²) < 4.78 is 4.74. The molecule has 0 amide bonds. The van der Waals surface area contributed by atoms with Gasteiger partial charge in [0.05, 0.1) is 33.1 Å². The molecule has 4 heteroatoms. The number of rotatable bonds is 3. The van der Waals surface area contributed by atoms with Gasteiger partial charge in [-0.05, 0) is 70.1 Å². The number of nitrogens with zero attached hydrogens (tertiary/aromatic N) is 4. The zero-order valence-electron chi connectivity index (χ0n) is 27.0. The maximum absolute atomic E-state index is 5.44. The van der Waals surface area contributed by atoms with Crippen LogP contribution in [0.1, 0.15) is 0 Å². The lowest BCUT2D eigenvalue weighted by Crippen LogP contribution is -2.04. The molecule has 0 aliphatic carbocycles. The lowest BCUT2D eigenvalue weighted by atomic mass is 10.0. The number of para-hydroxylation sites is 4.